The van der Waals surface area contributed by atoms with Crippen LogP contribution in [0, 0.1) is 16.7 Å². The number of nitrogens with zero attached hydrogens (tertiary/aromatic N) is 1. The van der Waals surface area contributed by atoms with Crippen LogP contribution in [-0.4, -0.2) is 32.9 Å². The minimum atomic E-state index is -3.20. The number of nitriles is 1. The van der Waals surface area contributed by atoms with Crippen LogP contribution in [0.2, 0.25) is 0 Å². The molecule has 14 heavy (non-hydrogen) atoms. The zero-order chi connectivity index (χ0) is 11.4. The lowest BCUT2D eigenvalue weighted by Gasteiger charge is -2.21. The van der Waals surface area contributed by atoms with Crippen LogP contribution in [0.25, 0.3) is 0 Å². The van der Waals surface area contributed by atoms with Crippen LogP contribution in [0.1, 0.15) is 13.8 Å². The molecule has 0 heterocycles. The van der Waals surface area contributed by atoms with E-state index >= 15 is 0 Å². The summed E-state index contributed by atoms with van der Waals surface area (Å²) in [5, 5.41) is 10.6. The topological polar surface area (TPSA) is 87.0 Å². The van der Waals surface area contributed by atoms with E-state index in [9.17, 15) is 13.2 Å². The van der Waals surface area contributed by atoms with Gasteiger partial charge in [0.2, 0.25) is 5.91 Å². The lowest BCUT2D eigenvalue weighted by molar-refractivity contribution is -0.128. The summed E-state index contributed by atoms with van der Waals surface area (Å²) in [6.07, 6.45) is 1.08. The Balaban J connectivity index is 4.48. The zero-order valence-electron chi connectivity index (χ0n) is 8.49. The van der Waals surface area contributed by atoms with Gasteiger partial charge >= 0.3 is 0 Å². The molecule has 1 N–H and O–H groups in total. The molecule has 0 rings (SSSR count). The van der Waals surface area contributed by atoms with Crippen molar-refractivity contribution in [2.75, 3.05) is 18.6 Å². The van der Waals surface area contributed by atoms with E-state index in [1.54, 1.807) is 6.07 Å². The summed E-state index contributed by atoms with van der Waals surface area (Å²) < 4.78 is 22.0. The van der Waals surface area contributed by atoms with Crippen molar-refractivity contribution in [2.45, 2.75) is 13.8 Å². The van der Waals surface area contributed by atoms with Crippen molar-refractivity contribution in [3.05, 3.63) is 0 Å². The minimum Gasteiger partial charge on any atom is -0.343 e. The van der Waals surface area contributed by atoms with Crippen molar-refractivity contribution in [3.63, 3.8) is 0 Å². The van der Waals surface area contributed by atoms with E-state index < -0.39 is 21.2 Å². The molecule has 1 amide bonds. The monoisotopic (exact) mass is 218 g/mol. The van der Waals surface area contributed by atoms with Gasteiger partial charge in [0.15, 0.2) is 0 Å². The number of carbonyl (C=O) groups excluding carboxylic acids is 1. The van der Waals surface area contributed by atoms with Crippen LogP contribution in [0.4, 0.5) is 0 Å². The zero-order valence-corrected chi connectivity index (χ0v) is 9.31. The predicted octanol–water partition coefficient (Wildman–Crippen LogP) is -0.303. The van der Waals surface area contributed by atoms with Crippen molar-refractivity contribution in [1.82, 2.24) is 5.32 Å². The quantitative estimate of drug-likeness (QED) is 0.656. The average Bonchev–Trinajstić information content (AvgIpc) is 1.95. The largest absolute Gasteiger partial charge is 0.343 e. The molecule has 0 aromatic rings. The van der Waals surface area contributed by atoms with E-state index in [0.717, 1.165) is 6.26 Å². The molecule has 0 atom stereocenters. The van der Waals surface area contributed by atoms with Crippen LogP contribution in [-0.2, 0) is 14.6 Å². The highest BCUT2D eigenvalue weighted by molar-refractivity contribution is 7.90. The second-order valence-electron chi connectivity index (χ2n) is 3.79. The number of hydrogen-bond donors (Lipinski definition) is 1. The van der Waals surface area contributed by atoms with Gasteiger partial charge in [0.05, 0.1) is 17.2 Å². The molecule has 0 saturated heterocycles. The first-order valence-corrected chi connectivity index (χ1v) is 6.08. The van der Waals surface area contributed by atoms with Gasteiger partial charge < -0.3 is 5.32 Å². The molecule has 0 spiro atoms. The average molecular weight is 218 g/mol. The Kier molecular flexibility index (Phi) is 4.08. The third kappa shape index (κ3) is 4.82. The minimum absolute atomic E-state index is 0.105. The molecular formula is C8H14N2O3S. The molecule has 0 aromatic carbocycles. The molecule has 5 nitrogen and oxygen atoms in total. The summed E-state index contributed by atoms with van der Waals surface area (Å²) in [6, 6.07) is 1.75. The van der Waals surface area contributed by atoms with E-state index in [0.29, 0.717) is 0 Å². The fourth-order valence-corrected chi connectivity index (χ4v) is 2.52. The summed E-state index contributed by atoms with van der Waals surface area (Å²) in [7, 11) is -3.20. The van der Waals surface area contributed by atoms with Gasteiger partial charge in [-0.15, -0.1) is 0 Å². The number of nitrogens with one attached hydrogen (secondary N) is 1. The Morgan fingerprint density at radius 2 is 2.00 bits per heavy atom. The highest BCUT2D eigenvalue weighted by Crippen LogP contribution is 2.17. The molecule has 0 bridgehead atoms. The maximum Gasteiger partial charge on any atom is 0.227 e. The summed E-state index contributed by atoms with van der Waals surface area (Å²) in [5.41, 5.74) is -0.996. The van der Waals surface area contributed by atoms with Crippen LogP contribution in [0.5, 0.6) is 0 Å². The molecule has 0 aliphatic rings. The first-order chi connectivity index (χ1) is 6.19. The third-order valence-corrected chi connectivity index (χ3v) is 2.81. The predicted molar refractivity (Wildman–Crippen MR) is 52.1 cm³/mol. The molecule has 0 saturated carbocycles. The fourth-order valence-electron chi connectivity index (χ4n) is 1.08. The number of carbonyl (C=O) groups is 1. The maximum atomic E-state index is 11.4. The van der Waals surface area contributed by atoms with Crippen LogP contribution in [0.15, 0.2) is 0 Å². The number of amides is 1. The normalized spacial score (nSPS) is 11.9. The van der Waals surface area contributed by atoms with Gasteiger partial charge in [0.25, 0.3) is 0 Å². The van der Waals surface area contributed by atoms with Gasteiger partial charge in [0, 0.05) is 6.26 Å². The summed E-state index contributed by atoms with van der Waals surface area (Å²) in [6.45, 7) is 2.95. The molecule has 0 aliphatic carbocycles. The maximum absolute atomic E-state index is 11.4. The SMILES string of the molecule is CC(C)(CS(C)(=O)=O)C(=O)NCC#N. The molecule has 6 heteroatoms. The number of hydrogen-bond acceptors (Lipinski definition) is 4. The Morgan fingerprint density at radius 3 is 2.36 bits per heavy atom. The van der Waals surface area contributed by atoms with Gasteiger partial charge in [-0.2, -0.15) is 5.26 Å². The van der Waals surface area contributed by atoms with Crippen molar-refractivity contribution < 1.29 is 13.2 Å². The second kappa shape index (κ2) is 4.42. The van der Waals surface area contributed by atoms with Crippen molar-refractivity contribution in [1.29, 1.82) is 5.26 Å². The van der Waals surface area contributed by atoms with E-state index in [4.69, 9.17) is 5.26 Å². The molecule has 0 unspecified atom stereocenters. The van der Waals surface area contributed by atoms with Crippen LogP contribution in [0.3, 0.4) is 0 Å². The van der Waals surface area contributed by atoms with E-state index in [-0.39, 0.29) is 12.3 Å². The first-order valence-electron chi connectivity index (χ1n) is 4.02. The number of sulfone groups is 1. The Hall–Kier alpha value is -1.09. The van der Waals surface area contributed by atoms with Crippen molar-refractivity contribution >= 4 is 15.7 Å². The Morgan fingerprint density at radius 1 is 1.50 bits per heavy atom. The molecule has 0 aromatic heterocycles. The molecular weight excluding hydrogens is 204 g/mol. The van der Waals surface area contributed by atoms with Crippen molar-refractivity contribution in [3.8, 4) is 6.07 Å². The lowest BCUT2D eigenvalue weighted by Crippen LogP contribution is -2.41. The standard InChI is InChI=1S/C8H14N2O3S/c1-8(2,6-14(3,12)13)7(11)10-5-4-9/h5-6H2,1-3H3,(H,10,11). The summed E-state index contributed by atoms with van der Waals surface area (Å²) in [4.78, 5) is 11.4. The number of rotatable bonds is 4. The second-order valence-corrected chi connectivity index (χ2v) is 5.93. The van der Waals surface area contributed by atoms with Gasteiger partial charge in [-0.25, -0.2) is 8.42 Å². The van der Waals surface area contributed by atoms with Crippen molar-refractivity contribution in [2.24, 2.45) is 5.41 Å². The van der Waals surface area contributed by atoms with Crippen LogP contribution >= 0.6 is 0 Å². The molecule has 0 aliphatic heterocycles. The smallest absolute Gasteiger partial charge is 0.227 e. The van der Waals surface area contributed by atoms with Gasteiger partial charge in [-0.05, 0) is 0 Å². The van der Waals surface area contributed by atoms with Gasteiger partial charge in [-0.1, -0.05) is 13.8 Å². The lowest BCUT2D eigenvalue weighted by atomic mass is 9.95. The van der Waals surface area contributed by atoms with E-state index in [2.05, 4.69) is 5.32 Å². The van der Waals surface area contributed by atoms with E-state index in [1.165, 1.54) is 13.8 Å². The third-order valence-electron chi connectivity index (χ3n) is 1.57. The molecule has 0 radical (unpaired) electrons. The summed E-state index contributed by atoms with van der Waals surface area (Å²) >= 11 is 0. The first kappa shape index (κ1) is 12.9. The molecule has 80 valence electrons. The Labute approximate surface area is 84.0 Å². The molecule has 0 fully saturated rings. The van der Waals surface area contributed by atoms with E-state index in [1.807, 2.05) is 0 Å². The highest BCUT2D eigenvalue weighted by atomic mass is 32.2. The fraction of sp³-hybridized carbons (Fsp3) is 0.750. The van der Waals surface area contributed by atoms with Gasteiger partial charge in [-0.3, -0.25) is 4.79 Å². The highest BCUT2D eigenvalue weighted by Gasteiger charge is 2.31. The Bertz CT molecular complexity index is 351. The summed E-state index contributed by atoms with van der Waals surface area (Å²) in [5.74, 6) is -0.651. The van der Waals surface area contributed by atoms with Gasteiger partial charge in [0.1, 0.15) is 16.4 Å². The van der Waals surface area contributed by atoms with Crippen LogP contribution < -0.4 is 5.32 Å².